The van der Waals surface area contributed by atoms with Gasteiger partial charge in [-0.1, -0.05) is 0 Å². The van der Waals surface area contributed by atoms with E-state index in [1.807, 2.05) is 36.5 Å². The maximum atomic E-state index is 12.8. The molecule has 0 saturated carbocycles. The number of rotatable bonds is 5. The van der Waals surface area contributed by atoms with Gasteiger partial charge in [-0.05, 0) is 61.0 Å². The Morgan fingerprint density at radius 3 is 2.63 bits per heavy atom. The maximum Gasteiger partial charge on any atom is 0.290 e. The van der Waals surface area contributed by atoms with Gasteiger partial charge in [-0.15, -0.1) is 0 Å². The standard InChI is InChI=1S/C20H25IN5O3P/c1-12(2)29-17-6-5-15-18(13(17)3)19(23-26(15)30-21)14-11-16(20(27)24(4)22-14)25-7-9-28-10-8-25/h5-6,11-12,30H,7-10H2,1-4H3. The number of anilines is 1. The fourth-order valence-corrected chi connectivity index (χ4v) is 5.24. The Balaban J connectivity index is 1.92. The molecule has 3 aromatic rings. The number of halogens is 1. The topological polar surface area (TPSA) is 74.4 Å². The summed E-state index contributed by atoms with van der Waals surface area (Å²) in [5, 5.41) is 10.4. The zero-order chi connectivity index (χ0) is 21.4. The highest BCUT2D eigenvalue weighted by atomic mass is 127. The summed E-state index contributed by atoms with van der Waals surface area (Å²) in [4.78, 5) is 14.9. The summed E-state index contributed by atoms with van der Waals surface area (Å²) < 4.78 is 14.8. The fourth-order valence-electron chi connectivity index (χ4n) is 3.72. The van der Waals surface area contributed by atoms with Crippen LogP contribution in [0.25, 0.3) is 22.3 Å². The van der Waals surface area contributed by atoms with Crippen LogP contribution in [-0.2, 0) is 11.8 Å². The van der Waals surface area contributed by atoms with Gasteiger partial charge in [-0.2, -0.15) is 10.2 Å². The third-order valence-electron chi connectivity index (χ3n) is 5.14. The summed E-state index contributed by atoms with van der Waals surface area (Å²) in [5.41, 5.74) is 4.04. The van der Waals surface area contributed by atoms with Crippen LogP contribution in [0.3, 0.4) is 0 Å². The smallest absolute Gasteiger partial charge is 0.290 e. The normalized spacial score (nSPS) is 15.1. The summed E-state index contributed by atoms with van der Waals surface area (Å²) in [7, 11) is 1.69. The van der Waals surface area contributed by atoms with Crippen LogP contribution in [0.5, 0.6) is 5.75 Å². The number of morpholine rings is 1. The highest BCUT2D eigenvalue weighted by Gasteiger charge is 2.22. The highest BCUT2D eigenvalue weighted by molar-refractivity contribution is 14.2. The number of hydrogen-bond acceptors (Lipinski definition) is 6. The van der Waals surface area contributed by atoms with Crippen molar-refractivity contribution in [2.75, 3.05) is 31.2 Å². The van der Waals surface area contributed by atoms with E-state index in [1.165, 1.54) is 4.68 Å². The Labute approximate surface area is 189 Å². The van der Waals surface area contributed by atoms with E-state index in [4.69, 9.17) is 14.6 Å². The van der Waals surface area contributed by atoms with Gasteiger partial charge in [0.2, 0.25) is 0 Å². The van der Waals surface area contributed by atoms with Crippen molar-refractivity contribution in [2.45, 2.75) is 26.9 Å². The lowest BCUT2D eigenvalue weighted by Gasteiger charge is -2.28. The molecule has 4 rings (SSSR count). The van der Waals surface area contributed by atoms with Crippen molar-refractivity contribution in [3.8, 4) is 17.1 Å². The lowest BCUT2D eigenvalue weighted by atomic mass is 10.1. The minimum atomic E-state index is -0.110. The molecule has 1 unspecified atom stereocenters. The van der Waals surface area contributed by atoms with Crippen LogP contribution < -0.4 is 15.2 Å². The van der Waals surface area contributed by atoms with Crippen LogP contribution in [0.4, 0.5) is 5.69 Å². The van der Waals surface area contributed by atoms with Crippen LogP contribution >= 0.6 is 28.4 Å². The zero-order valence-electron chi connectivity index (χ0n) is 17.5. The Hall–Kier alpha value is -1.71. The second kappa shape index (κ2) is 8.80. The van der Waals surface area contributed by atoms with E-state index >= 15 is 0 Å². The molecule has 0 spiro atoms. The third kappa shape index (κ3) is 3.94. The Morgan fingerprint density at radius 2 is 1.97 bits per heavy atom. The molecule has 0 amide bonds. The molecule has 1 atom stereocenters. The maximum absolute atomic E-state index is 12.8. The zero-order valence-corrected chi connectivity index (χ0v) is 20.6. The molecule has 0 radical (unpaired) electrons. The molecular formula is C20H25IN5O3P. The van der Waals surface area contributed by atoms with E-state index in [0.29, 0.717) is 44.1 Å². The van der Waals surface area contributed by atoms with Gasteiger partial charge >= 0.3 is 0 Å². The summed E-state index contributed by atoms with van der Waals surface area (Å²) in [6.45, 7) is 8.69. The van der Waals surface area contributed by atoms with Crippen molar-refractivity contribution in [2.24, 2.45) is 7.05 Å². The molecule has 0 aliphatic carbocycles. The molecule has 2 aromatic heterocycles. The number of aryl methyl sites for hydroxylation is 2. The number of hydrogen-bond donors (Lipinski definition) is 0. The van der Waals surface area contributed by atoms with E-state index in [0.717, 1.165) is 27.9 Å². The van der Waals surface area contributed by atoms with E-state index < -0.39 is 0 Å². The average Bonchev–Trinajstić information content (AvgIpc) is 3.12. The first-order valence-corrected chi connectivity index (χ1v) is 13.9. The molecular weight excluding hydrogens is 516 g/mol. The Morgan fingerprint density at radius 1 is 1.23 bits per heavy atom. The lowest BCUT2D eigenvalue weighted by molar-refractivity contribution is 0.122. The summed E-state index contributed by atoms with van der Waals surface area (Å²) >= 11 is 2.33. The summed E-state index contributed by atoms with van der Waals surface area (Å²) in [6.07, 6.45) is 0.525. The van der Waals surface area contributed by atoms with E-state index in [-0.39, 0.29) is 11.7 Å². The third-order valence-corrected chi connectivity index (χ3v) is 7.01. The minimum Gasteiger partial charge on any atom is -0.491 e. The second-order valence-electron chi connectivity index (χ2n) is 7.54. The van der Waals surface area contributed by atoms with Gasteiger partial charge in [-0.3, -0.25) is 4.79 Å². The van der Waals surface area contributed by atoms with Crippen LogP contribution in [0.1, 0.15) is 19.4 Å². The summed E-state index contributed by atoms with van der Waals surface area (Å²) in [5.74, 6) is 0.841. The average molecular weight is 541 g/mol. The van der Waals surface area contributed by atoms with Gasteiger partial charge in [0.15, 0.2) is 0 Å². The fraction of sp³-hybridized carbons (Fsp3) is 0.450. The van der Waals surface area contributed by atoms with E-state index in [1.54, 1.807) is 7.05 Å². The SMILES string of the molecule is Cc1c(OC(C)C)ccc2c1c(-c1cc(N3CCOCC3)c(=O)n(C)n1)nn2PI. The van der Waals surface area contributed by atoms with Crippen molar-refractivity contribution in [3.05, 3.63) is 34.1 Å². The number of ether oxygens (including phenoxy) is 2. The molecule has 1 fully saturated rings. The molecule has 8 nitrogen and oxygen atoms in total. The predicted molar refractivity (Wildman–Crippen MR) is 129 cm³/mol. The highest BCUT2D eigenvalue weighted by Crippen LogP contribution is 2.39. The van der Waals surface area contributed by atoms with Crippen LogP contribution in [0.2, 0.25) is 0 Å². The molecule has 30 heavy (non-hydrogen) atoms. The minimum absolute atomic E-state index is 0.0784. The van der Waals surface area contributed by atoms with E-state index in [9.17, 15) is 4.79 Å². The number of benzene rings is 1. The van der Waals surface area contributed by atoms with Crippen molar-refractivity contribution < 1.29 is 9.47 Å². The number of aromatic nitrogens is 4. The first kappa shape index (κ1) is 21.5. The van der Waals surface area contributed by atoms with Gasteiger partial charge < -0.3 is 14.4 Å². The molecule has 0 bridgehead atoms. The number of fused-ring (bicyclic) bond motifs is 1. The molecule has 1 aliphatic heterocycles. The molecule has 160 valence electrons. The molecule has 1 aliphatic rings. The summed E-state index contributed by atoms with van der Waals surface area (Å²) in [6, 6.07) is 5.92. The van der Waals surface area contributed by atoms with Crippen molar-refractivity contribution in [1.82, 2.24) is 19.3 Å². The Bertz CT molecular complexity index is 1140. The second-order valence-corrected chi connectivity index (χ2v) is 9.58. The van der Waals surface area contributed by atoms with Crippen molar-refractivity contribution in [3.63, 3.8) is 0 Å². The van der Waals surface area contributed by atoms with Crippen molar-refractivity contribution >= 4 is 45.0 Å². The molecule has 3 heterocycles. The quantitative estimate of drug-likeness (QED) is 0.364. The van der Waals surface area contributed by atoms with Gasteiger partial charge in [0.25, 0.3) is 5.56 Å². The molecule has 1 saturated heterocycles. The molecule has 10 heteroatoms. The van der Waals surface area contributed by atoms with E-state index in [2.05, 4.69) is 39.0 Å². The van der Waals surface area contributed by atoms with Gasteiger partial charge in [0.05, 0.1) is 31.2 Å². The first-order valence-electron chi connectivity index (χ1n) is 9.87. The van der Waals surface area contributed by atoms with Crippen molar-refractivity contribution in [1.29, 1.82) is 0 Å². The van der Waals surface area contributed by atoms with Crippen LogP contribution in [-0.4, -0.2) is 51.7 Å². The largest absolute Gasteiger partial charge is 0.491 e. The molecule has 0 N–H and O–H groups in total. The van der Waals surface area contributed by atoms with Crippen LogP contribution in [0, 0.1) is 6.92 Å². The lowest BCUT2D eigenvalue weighted by Crippen LogP contribution is -2.40. The predicted octanol–water partition coefficient (Wildman–Crippen LogP) is 3.52. The van der Waals surface area contributed by atoms with Crippen LogP contribution in [0.15, 0.2) is 23.0 Å². The van der Waals surface area contributed by atoms with Gasteiger partial charge in [0.1, 0.15) is 22.8 Å². The number of nitrogens with zero attached hydrogens (tertiary/aromatic N) is 5. The monoisotopic (exact) mass is 541 g/mol. The first-order chi connectivity index (χ1) is 14.4. The Kier molecular flexibility index (Phi) is 6.31. The van der Waals surface area contributed by atoms with Gasteiger partial charge in [0, 0.05) is 31.1 Å². The molecule has 1 aromatic carbocycles. The van der Waals surface area contributed by atoms with Gasteiger partial charge in [-0.25, -0.2) is 9.13 Å².